The molecule has 0 radical (unpaired) electrons. The topological polar surface area (TPSA) is 190 Å². The number of ether oxygens (including phenoxy) is 3. The van der Waals surface area contributed by atoms with E-state index in [1.54, 1.807) is 0 Å². The van der Waals surface area contributed by atoms with Gasteiger partial charge in [0.15, 0.2) is 15.8 Å². The second kappa shape index (κ2) is 10.7. The molecule has 14 nitrogen and oxygen atoms in total. The summed E-state index contributed by atoms with van der Waals surface area (Å²) in [5, 5.41) is 36.5. The summed E-state index contributed by atoms with van der Waals surface area (Å²) in [7, 11) is 9.66. The molecule has 4 aromatic heterocycles. The average molecular weight is 1310 g/mol. The van der Waals surface area contributed by atoms with Gasteiger partial charge in [-0.15, -0.1) is 0 Å². The molecule has 4 rings (SSSR count). The Hall–Kier alpha value is -6.70. The molecule has 0 aromatic carbocycles. The van der Waals surface area contributed by atoms with Gasteiger partial charge in [-0.1, -0.05) is 0 Å². The van der Waals surface area contributed by atoms with Crippen LogP contribution < -0.4 is 24.8 Å². The van der Waals surface area contributed by atoms with Gasteiger partial charge in [0.2, 0.25) is 41.0 Å². The summed E-state index contributed by atoms with van der Waals surface area (Å²) < 4.78 is 25.9. The number of anilines is 4. The summed E-state index contributed by atoms with van der Waals surface area (Å²) in [6.45, 7) is 0. The van der Waals surface area contributed by atoms with Crippen LogP contribution in [-0.4, -0.2) is 43.4 Å². The molecule has 20 heteroatoms. The van der Waals surface area contributed by atoms with Crippen molar-refractivity contribution in [1.82, 2.24) is 28.1 Å². The van der Waals surface area contributed by atoms with Crippen LogP contribution >= 0.6 is 34.6 Å². The van der Waals surface area contributed by atoms with E-state index in [2.05, 4.69) is 60.0 Å². The van der Waals surface area contributed by atoms with E-state index >= 15 is 0 Å². The van der Waals surface area contributed by atoms with E-state index in [9.17, 15) is 15.3 Å². The first-order valence-corrected chi connectivity index (χ1v) is 10.8. The van der Waals surface area contributed by atoms with Gasteiger partial charge in [0.05, 0.1) is 4.88 Å². The number of nitrogens with zero attached hydrogens (tertiary/aromatic N) is 6. The number of nitrogens with one attached hydrogen (secondary N) is 2. The maximum absolute atomic E-state index is 10.2. The fraction of sp³-hybridized carbons (Fsp3) is 0.0625. The third-order valence-corrected chi connectivity index (χ3v) is 6.13. The molecule has 0 unspecified atom stereocenters. The van der Waals surface area contributed by atoms with Crippen molar-refractivity contribution >= 4 is 56.5 Å². The van der Waals surface area contributed by atoms with Gasteiger partial charge in [0, 0.05) is 6.42 Å². The van der Waals surface area contributed by atoms with Crippen molar-refractivity contribution in [2.75, 3.05) is 10.6 Å². The predicted molar refractivity (Wildman–Crippen MR) is 118 cm³/mol. The van der Waals surface area contributed by atoms with Gasteiger partial charge in [0.1, 0.15) is 5.82 Å². The van der Waals surface area contributed by atoms with Crippen LogP contribution in [0.1, 0.15) is 10.7 Å². The molecule has 0 amide bonds. The van der Waals surface area contributed by atoms with E-state index in [0.29, 0.717) is 4.88 Å². The van der Waals surface area contributed by atoms with Gasteiger partial charge in [0.25, 0.3) is 0 Å². The largest absolute Gasteiger partial charge is 0.649 e. The molecule has 5 N–H and O–H groups in total. The Kier molecular flexibility index (Phi) is 8.16. The molecule has 0 spiro atoms. The van der Waals surface area contributed by atoms with Crippen LogP contribution in [0.3, 0.4) is 0 Å². The maximum atomic E-state index is 10.2. The Labute approximate surface area is 198 Å². The molecule has 0 aliphatic rings. The number of aromatic nitrogens is 6. The van der Waals surface area contributed by atoms with Crippen LogP contribution in [0.2, 0.25) is 0 Å². The average Bonchev–Trinajstić information content (AvgIpc) is 3.46. The second-order valence-electron chi connectivity index (χ2n) is 5.85. The van der Waals surface area contributed by atoms with Crippen molar-refractivity contribution in [2.24, 2.45) is 0 Å². The number of hydrogen-bond donors (Lipinski definition) is 5. The molecule has 0 atom stereocenters. The van der Waals surface area contributed by atoms with E-state index in [1.807, 2.05) is 0 Å². The van der Waals surface area contributed by atoms with E-state index in [4.69, 9.17) is 14.2 Å². The SMILES string of the molecule is [CH2-]Oc1nsc(Cc2nc(Nc3snc(O[CH2-])c3O)nc(Nc3snc(O[CH2-])c3O)n2)c1O.[Rf].[Rf].[Rf]. The van der Waals surface area contributed by atoms with Gasteiger partial charge < -0.3 is 40.2 Å². The van der Waals surface area contributed by atoms with Crippen molar-refractivity contribution < 1.29 is 29.5 Å². The van der Waals surface area contributed by atoms with Crippen molar-refractivity contribution in [1.29, 1.82) is 0 Å². The molecule has 4 heterocycles. The van der Waals surface area contributed by atoms with Gasteiger partial charge in [-0.2, -0.15) is 49.4 Å². The molecule has 0 bridgehead atoms. The maximum Gasteiger partial charge on any atom is 0.238 e. The van der Waals surface area contributed by atoms with E-state index in [0.717, 1.165) is 34.6 Å². The Morgan fingerprint density at radius 2 is 1.06 bits per heavy atom. The number of aromatic hydroxyl groups is 3. The molecule has 0 saturated heterocycles. The van der Waals surface area contributed by atoms with Crippen LogP contribution in [0.4, 0.5) is 21.9 Å². The molecule has 0 aliphatic carbocycles. The first kappa shape index (κ1) is 27.3. The van der Waals surface area contributed by atoms with Crippen LogP contribution in [0.25, 0.3) is 0 Å². The Morgan fingerprint density at radius 1 is 0.639 bits per heavy atom. The van der Waals surface area contributed by atoms with E-state index < -0.39 is 0 Å². The summed E-state index contributed by atoms with van der Waals surface area (Å²) in [5.41, 5.74) is 0. The zero-order chi connectivity index (χ0) is 23.5. The fourth-order valence-electron chi connectivity index (χ4n) is 2.37. The standard InChI is InChI=1S/C16H13N8O6S3.3Rf/c1-28-10-7(25)5(31-22-10)4-6-17-15(19-13-8(26)11(29-2)23-32-13)21-16(18-6)20-14-9(27)12(30-3)24-33-14;;;/h25-27H,1-4H2,(H2,17,18,19,20,21);;;/q-3;;;. The quantitative estimate of drug-likeness (QED) is 0.154. The Balaban J connectivity index is 0.00000216. The fourth-order valence-corrected chi connectivity index (χ4v) is 4.31. The van der Waals surface area contributed by atoms with Gasteiger partial charge in [-0.3, -0.25) is 0 Å². The van der Waals surface area contributed by atoms with Gasteiger partial charge >= 0.3 is 0 Å². The van der Waals surface area contributed by atoms with Crippen LogP contribution in [0.5, 0.6) is 34.9 Å². The third-order valence-electron chi connectivity index (χ3n) is 3.84. The third kappa shape index (κ3) is 4.87. The zero-order valence-corrected chi connectivity index (χ0v) is 40.1. The minimum Gasteiger partial charge on any atom is -0.649 e. The first-order chi connectivity index (χ1) is 15.9. The van der Waals surface area contributed by atoms with Crippen LogP contribution in [0, 0.1) is 21.3 Å². The molecule has 0 fully saturated rings. The normalized spacial score (nSPS) is 9.86. The van der Waals surface area contributed by atoms with Crippen LogP contribution in [-0.2, 0) is 6.42 Å². The predicted octanol–water partition coefficient (Wildman–Crippen LogP) is 2.95. The Bertz CT molecular complexity index is 1130. The molecular weight excluding hydrogens is 1300 g/mol. The summed E-state index contributed by atoms with van der Waals surface area (Å²) in [6.07, 6.45) is 0.0581. The summed E-state index contributed by atoms with van der Waals surface area (Å²) in [6, 6.07) is 0. The smallest absolute Gasteiger partial charge is 0.238 e. The molecule has 36 heavy (non-hydrogen) atoms. The minimum atomic E-state index is -0.277. The molecular formula is C16H13N8O6Rf3S3-3. The van der Waals surface area contributed by atoms with Crippen LogP contribution in [0.15, 0.2) is 0 Å². The molecule has 4 aromatic rings. The molecule has 0 aliphatic heterocycles. The van der Waals surface area contributed by atoms with Crippen molar-refractivity contribution in [2.45, 2.75) is 6.42 Å². The van der Waals surface area contributed by atoms with E-state index in [-0.39, 0.29) is 69.0 Å². The van der Waals surface area contributed by atoms with Crippen molar-refractivity contribution in [3.05, 3.63) is 32.0 Å². The number of rotatable bonds is 9. The summed E-state index contributed by atoms with van der Waals surface area (Å²) in [4.78, 5) is 13.2. The summed E-state index contributed by atoms with van der Waals surface area (Å²) in [5.74, 6) is -0.649. The first-order valence-electron chi connectivity index (χ1n) is 8.53. The monoisotopic (exact) mass is 1310 g/mol. The van der Waals surface area contributed by atoms with Crippen molar-refractivity contribution in [3.8, 4) is 34.9 Å². The van der Waals surface area contributed by atoms with Crippen molar-refractivity contribution in [3.63, 3.8) is 0 Å². The zero-order valence-electron chi connectivity index (χ0n) is 18.4. The molecule has 180 valence electrons. The van der Waals surface area contributed by atoms with Gasteiger partial charge in [-0.25, -0.2) is 0 Å². The van der Waals surface area contributed by atoms with Gasteiger partial charge in [-0.05, 0) is 34.6 Å². The minimum absolute atomic E-state index is 0. The Morgan fingerprint density at radius 3 is 1.44 bits per heavy atom. The second-order valence-corrected chi connectivity index (χ2v) is 8.25. The van der Waals surface area contributed by atoms with E-state index in [1.165, 1.54) is 0 Å². The number of hydrogen-bond acceptors (Lipinski definition) is 17. The molecule has 0 saturated carbocycles. The summed E-state index contributed by atoms with van der Waals surface area (Å²) >= 11 is 2.77.